The fraction of sp³-hybridized carbons (Fsp3) is 0.895. The van der Waals surface area contributed by atoms with Crippen molar-refractivity contribution in [3.05, 3.63) is 12.7 Å². The summed E-state index contributed by atoms with van der Waals surface area (Å²) in [6.07, 6.45) is 12.0. The van der Waals surface area contributed by atoms with Crippen molar-refractivity contribution in [2.24, 2.45) is 0 Å². The summed E-state index contributed by atoms with van der Waals surface area (Å²) in [4.78, 5) is 2.20. The average molecular weight is 314 g/mol. The number of nitrogens with zero attached hydrogens (tertiary/aromatic N) is 1. The zero-order valence-corrected chi connectivity index (χ0v) is 15.7. The van der Waals surface area contributed by atoms with Gasteiger partial charge < -0.3 is 9.47 Å². The van der Waals surface area contributed by atoms with Gasteiger partial charge in [-0.25, -0.2) is 0 Å². The highest BCUT2D eigenvalue weighted by atomic mass is 16.7. The highest BCUT2D eigenvalue weighted by molar-refractivity contribution is 5.05. The Morgan fingerprint density at radius 2 is 1.41 bits per heavy atom. The van der Waals surface area contributed by atoms with E-state index in [-0.39, 0.29) is 11.8 Å². The lowest BCUT2D eigenvalue weighted by atomic mass is 9.89. The molecule has 0 rings (SSSR count). The van der Waals surface area contributed by atoms with Crippen LogP contribution < -0.4 is 0 Å². The van der Waals surface area contributed by atoms with Crippen LogP contribution in [-0.4, -0.2) is 44.0 Å². The number of hydrogen-bond donors (Lipinski definition) is 0. The van der Waals surface area contributed by atoms with E-state index in [1.54, 1.807) is 0 Å². The Morgan fingerprint density at radius 3 is 1.82 bits per heavy atom. The van der Waals surface area contributed by atoms with Gasteiger partial charge in [-0.1, -0.05) is 57.9 Å². The van der Waals surface area contributed by atoms with Crippen LogP contribution in [-0.2, 0) is 9.47 Å². The van der Waals surface area contributed by atoms with E-state index in [9.17, 15) is 0 Å². The summed E-state index contributed by atoms with van der Waals surface area (Å²) in [5, 5.41) is 0. The average Bonchev–Trinajstić information content (AvgIpc) is 2.50. The molecule has 0 N–H and O–H groups in total. The topological polar surface area (TPSA) is 21.7 Å². The summed E-state index contributed by atoms with van der Waals surface area (Å²) >= 11 is 0. The minimum absolute atomic E-state index is 0.241. The highest BCUT2D eigenvalue weighted by Gasteiger charge is 2.39. The lowest BCUT2D eigenvalue weighted by Gasteiger charge is -2.43. The van der Waals surface area contributed by atoms with Gasteiger partial charge in [-0.3, -0.25) is 4.90 Å². The summed E-state index contributed by atoms with van der Waals surface area (Å²) < 4.78 is 11.8. The lowest BCUT2D eigenvalue weighted by molar-refractivity contribution is -0.194. The van der Waals surface area contributed by atoms with Crippen molar-refractivity contribution in [3.8, 4) is 0 Å². The first-order chi connectivity index (χ1) is 10.6. The molecule has 1 unspecified atom stereocenters. The van der Waals surface area contributed by atoms with Gasteiger partial charge in [0.25, 0.3) is 0 Å². The number of likely N-dealkylation sites (N-methyl/N-ethyl adjacent to an activating group) is 1. The van der Waals surface area contributed by atoms with Gasteiger partial charge in [-0.15, -0.1) is 6.58 Å². The summed E-state index contributed by atoms with van der Waals surface area (Å²) in [5.74, 6) is 0. The quantitative estimate of drug-likeness (QED) is 0.241. The first-order valence-electron chi connectivity index (χ1n) is 9.13. The van der Waals surface area contributed by atoms with E-state index in [4.69, 9.17) is 9.47 Å². The Balaban J connectivity index is 4.51. The molecular weight excluding hydrogens is 274 g/mol. The van der Waals surface area contributed by atoms with Gasteiger partial charge in [0.15, 0.2) is 6.29 Å². The van der Waals surface area contributed by atoms with Crippen LogP contribution in [0.25, 0.3) is 0 Å². The molecule has 0 saturated carbocycles. The first-order valence-corrected chi connectivity index (χ1v) is 9.13. The summed E-state index contributed by atoms with van der Waals surface area (Å²) in [7, 11) is 4.18. The Kier molecular flexibility index (Phi) is 12.9. The molecule has 0 radical (unpaired) electrons. The monoisotopic (exact) mass is 313 g/mol. The van der Waals surface area contributed by atoms with Crippen molar-refractivity contribution < 1.29 is 9.47 Å². The highest BCUT2D eigenvalue weighted by Crippen LogP contribution is 2.29. The molecule has 0 aromatic rings. The number of unbranched alkanes of at least 4 members (excludes halogenated alkanes) is 6. The third-order valence-electron chi connectivity index (χ3n) is 4.41. The SMILES string of the molecule is C=CC(CCCCCCCCC)(C(OCC)OCC)N(C)C. The van der Waals surface area contributed by atoms with Crippen molar-refractivity contribution in [1.29, 1.82) is 0 Å². The molecule has 3 nitrogen and oxygen atoms in total. The van der Waals surface area contributed by atoms with E-state index >= 15 is 0 Å². The van der Waals surface area contributed by atoms with Crippen LogP contribution in [0.5, 0.6) is 0 Å². The van der Waals surface area contributed by atoms with Gasteiger partial charge in [0.2, 0.25) is 0 Å². The van der Waals surface area contributed by atoms with Crippen molar-refractivity contribution in [1.82, 2.24) is 4.90 Å². The van der Waals surface area contributed by atoms with E-state index in [1.807, 2.05) is 19.9 Å². The number of hydrogen-bond acceptors (Lipinski definition) is 3. The molecular formula is C19H39NO2. The molecule has 0 aliphatic heterocycles. The molecule has 0 aliphatic rings. The first kappa shape index (κ1) is 21.6. The van der Waals surface area contributed by atoms with Gasteiger partial charge in [0.05, 0.1) is 5.54 Å². The number of ether oxygens (including phenoxy) is 2. The Morgan fingerprint density at radius 1 is 0.909 bits per heavy atom. The molecule has 0 spiro atoms. The molecule has 3 heteroatoms. The molecule has 0 amide bonds. The maximum Gasteiger partial charge on any atom is 0.179 e. The van der Waals surface area contributed by atoms with Crippen LogP contribution in [0.2, 0.25) is 0 Å². The zero-order chi connectivity index (χ0) is 16.8. The van der Waals surface area contributed by atoms with Crippen molar-refractivity contribution in [2.75, 3.05) is 27.3 Å². The standard InChI is InChI=1S/C19H39NO2/c1-7-11-12-13-14-15-16-17-19(8-2,20(5)6)18(21-9-3)22-10-4/h8,18H,2,7,9-17H2,1,3-6H3. The van der Waals surface area contributed by atoms with Crippen molar-refractivity contribution >= 4 is 0 Å². The largest absolute Gasteiger partial charge is 0.351 e. The van der Waals surface area contributed by atoms with Gasteiger partial charge >= 0.3 is 0 Å². The summed E-state index contributed by atoms with van der Waals surface area (Å²) in [6, 6.07) is 0. The predicted molar refractivity (Wildman–Crippen MR) is 96.3 cm³/mol. The predicted octanol–water partition coefficient (Wildman–Crippen LogP) is 5.01. The molecule has 0 aromatic heterocycles. The molecule has 0 saturated heterocycles. The second kappa shape index (κ2) is 13.1. The van der Waals surface area contributed by atoms with E-state index in [2.05, 4.69) is 32.5 Å². The molecule has 1 atom stereocenters. The van der Waals surface area contributed by atoms with Crippen molar-refractivity contribution in [3.63, 3.8) is 0 Å². The van der Waals surface area contributed by atoms with Crippen LogP contribution in [0.1, 0.15) is 72.1 Å². The zero-order valence-electron chi connectivity index (χ0n) is 15.7. The van der Waals surface area contributed by atoms with Crippen LogP contribution in [0.3, 0.4) is 0 Å². The maximum absolute atomic E-state index is 5.88. The third kappa shape index (κ3) is 7.26. The van der Waals surface area contributed by atoms with Gasteiger partial charge in [0.1, 0.15) is 0 Å². The Bertz CT molecular complexity index is 262. The lowest BCUT2D eigenvalue weighted by Crippen LogP contribution is -2.54. The van der Waals surface area contributed by atoms with Crippen LogP contribution in [0.4, 0.5) is 0 Å². The summed E-state index contributed by atoms with van der Waals surface area (Å²) in [6.45, 7) is 11.7. The van der Waals surface area contributed by atoms with Gasteiger partial charge in [-0.05, 0) is 34.4 Å². The smallest absolute Gasteiger partial charge is 0.179 e. The third-order valence-corrected chi connectivity index (χ3v) is 4.41. The molecule has 22 heavy (non-hydrogen) atoms. The van der Waals surface area contributed by atoms with E-state index < -0.39 is 0 Å². The van der Waals surface area contributed by atoms with E-state index in [1.165, 1.54) is 44.9 Å². The number of rotatable bonds is 15. The fourth-order valence-electron chi connectivity index (χ4n) is 2.94. The van der Waals surface area contributed by atoms with Gasteiger partial charge in [0, 0.05) is 13.2 Å². The van der Waals surface area contributed by atoms with Crippen LogP contribution in [0, 0.1) is 0 Å². The van der Waals surface area contributed by atoms with Gasteiger partial charge in [-0.2, -0.15) is 0 Å². The Labute approximate surface area is 139 Å². The molecule has 0 fully saturated rings. The molecule has 132 valence electrons. The van der Waals surface area contributed by atoms with Crippen molar-refractivity contribution in [2.45, 2.75) is 84.0 Å². The fourth-order valence-corrected chi connectivity index (χ4v) is 2.94. The van der Waals surface area contributed by atoms with E-state index in [0.29, 0.717) is 13.2 Å². The second-order valence-electron chi connectivity index (χ2n) is 6.20. The molecule has 0 aliphatic carbocycles. The molecule has 0 heterocycles. The maximum atomic E-state index is 5.88. The van der Waals surface area contributed by atoms with Crippen LogP contribution in [0.15, 0.2) is 12.7 Å². The Hall–Kier alpha value is -0.380. The molecule has 0 aromatic carbocycles. The van der Waals surface area contributed by atoms with E-state index in [0.717, 1.165) is 6.42 Å². The second-order valence-corrected chi connectivity index (χ2v) is 6.20. The van der Waals surface area contributed by atoms with Crippen LogP contribution >= 0.6 is 0 Å². The minimum Gasteiger partial charge on any atom is -0.351 e. The normalized spacial score (nSPS) is 14.5. The minimum atomic E-state index is -0.241. The molecule has 0 bridgehead atoms. The summed E-state index contributed by atoms with van der Waals surface area (Å²) in [5.41, 5.74) is -0.241.